The molecule has 0 radical (unpaired) electrons. The summed E-state index contributed by atoms with van der Waals surface area (Å²) in [6.45, 7) is 10.6. The van der Waals surface area contributed by atoms with Crippen LogP contribution in [0.1, 0.15) is 25.8 Å². The Morgan fingerprint density at radius 3 is 2.91 bits per heavy atom. The molecule has 4 nitrogen and oxygen atoms in total. The zero-order valence-corrected chi connectivity index (χ0v) is 13.4. The summed E-state index contributed by atoms with van der Waals surface area (Å²) in [5, 5.41) is 1.12. The number of H-pyrrole nitrogens is 1. The van der Waals surface area contributed by atoms with E-state index in [0.717, 1.165) is 37.0 Å². The molecule has 0 bridgehead atoms. The van der Waals surface area contributed by atoms with Crippen molar-refractivity contribution in [3.05, 3.63) is 42.6 Å². The third-order valence-electron chi connectivity index (χ3n) is 3.81. The minimum atomic E-state index is -0.216. The van der Waals surface area contributed by atoms with Gasteiger partial charge in [0, 0.05) is 31.1 Å². The summed E-state index contributed by atoms with van der Waals surface area (Å²) in [6.07, 6.45) is 5.26. The van der Waals surface area contributed by atoms with Gasteiger partial charge in [0.15, 0.2) is 5.75 Å². The SMILES string of the molecule is C=CCN(CC)CCc1c[nH]c2c(OC(=O)CC)cccc12. The van der Waals surface area contributed by atoms with Gasteiger partial charge < -0.3 is 9.72 Å². The van der Waals surface area contributed by atoms with Crippen molar-refractivity contribution in [3.63, 3.8) is 0 Å². The van der Waals surface area contributed by atoms with Gasteiger partial charge in [0.1, 0.15) is 0 Å². The summed E-state index contributed by atoms with van der Waals surface area (Å²) < 4.78 is 5.38. The fraction of sp³-hybridized carbons (Fsp3) is 0.389. The maximum atomic E-state index is 11.5. The molecule has 4 heteroatoms. The number of aromatic amines is 1. The van der Waals surface area contributed by atoms with Crippen molar-refractivity contribution in [3.8, 4) is 5.75 Å². The number of para-hydroxylation sites is 1. The second-order valence-electron chi connectivity index (χ2n) is 5.25. The van der Waals surface area contributed by atoms with E-state index < -0.39 is 0 Å². The maximum absolute atomic E-state index is 11.5. The molecule has 1 heterocycles. The van der Waals surface area contributed by atoms with Crippen molar-refractivity contribution in [2.45, 2.75) is 26.7 Å². The Hall–Kier alpha value is -2.07. The van der Waals surface area contributed by atoms with Crippen LogP contribution in [0, 0.1) is 0 Å². The van der Waals surface area contributed by atoms with E-state index in [-0.39, 0.29) is 5.97 Å². The molecule has 2 aromatic rings. The Bertz CT molecular complexity index is 646. The summed E-state index contributed by atoms with van der Waals surface area (Å²) >= 11 is 0. The van der Waals surface area contributed by atoms with Crippen LogP contribution in [0.25, 0.3) is 10.9 Å². The van der Waals surface area contributed by atoms with E-state index in [2.05, 4.69) is 29.5 Å². The van der Waals surface area contributed by atoms with Crippen LogP contribution in [0.15, 0.2) is 37.1 Å². The molecule has 1 aromatic carbocycles. The largest absolute Gasteiger partial charge is 0.424 e. The van der Waals surface area contributed by atoms with Crippen LogP contribution in [0.3, 0.4) is 0 Å². The molecule has 1 aromatic heterocycles. The highest BCUT2D eigenvalue weighted by Crippen LogP contribution is 2.28. The lowest BCUT2D eigenvalue weighted by molar-refractivity contribution is -0.133. The normalized spacial score (nSPS) is 11.0. The first-order valence-electron chi connectivity index (χ1n) is 7.82. The maximum Gasteiger partial charge on any atom is 0.310 e. The molecule has 0 atom stereocenters. The number of hydrogen-bond acceptors (Lipinski definition) is 3. The van der Waals surface area contributed by atoms with Gasteiger partial charge in [0.25, 0.3) is 0 Å². The average molecular weight is 300 g/mol. The molecule has 0 unspecified atom stereocenters. The number of carbonyl (C=O) groups excluding carboxylic acids is 1. The standard InChI is InChI=1S/C18H24N2O2/c1-4-11-20(6-3)12-10-14-13-19-18-15(14)8-7-9-16(18)22-17(21)5-2/h4,7-9,13,19H,1,5-6,10-12H2,2-3H3. The topological polar surface area (TPSA) is 45.3 Å². The van der Waals surface area contributed by atoms with Gasteiger partial charge >= 0.3 is 5.97 Å². The van der Waals surface area contributed by atoms with Gasteiger partial charge in [0.05, 0.1) is 5.52 Å². The molecule has 22 heavy (non-hydrogen) atoms. The summed E-state index contributed by atoms with van der Waals surface area (Å²) in [6, 6.07) is 5.82. The van der Waals surface area contributed by atoms with Crippen LogP contribution in [0.4, 0.5) is 0 Å². The van der Waals surface area contributed by atoms with Gasteiger partial charge in [-0.3, -0.25) is 9.69 Å². The summed E-state index contributed by atoms with van der Waals surface area (Å²) in [4.78, 5) is 17.1. The van der Waals surface area contributed by atoms with Gasteiger partial charge in [0.2, 0.25) is 0 Å². The first-order chi connectivity index (χ1) is 10.7. The number of esters is 1. The van der Waals surface area contributed by atoms with Crippen molar-refractivity contribution in [1.82, 2.24) is 9.88 Å². The van der Waals surface area contributed by atoms with Gasteiger partial charge in [-0.15, -0.1) is 6.58 Å². The lowest BCUT2D eigenvalue weighted by Crippen LogP contribution is -2.25. The van der Waals surface area contributed by atoms with Gasteiger partial charge in [-0.2, -0.15) is 0 Å². The lowest BCUT2D eigenvalue weighted by atomic mass is 10.1. The summed E-state index contributed by atoms with van der Waals surface area (Å²) in [5.41, 5.74) is 2.14. The molecule has 0 amide bonds. The highest BCUT2D eigenvalue weighted by atomic mass is 16.5. The molecule has 0 fully saturated rings. The Balaban J connectivity index is 2.17. The number of benzene rings is 1. The van der Waals surface area contributed by atoms with Crippen LogP contribution in [-0.2, 0) is 11.2 Å². The molecule has 0 spiro atoms. The molecular weight excluding hydrogens is 276 g/mol. The molecule has 1 N–H and O–H groups in total. The fourth-order valence-corrected chi connectivity index (χ4v) is 2.51. The second-order valence-corrected chi connectivity index (χ2v) is 5.25. The van der Waals surface area contributed by atoms with E-state index in [9.17, 15) is 4.79 Å². The molecule has 118 valence electrons. The third kappa shape index (κ3) is 3.77. The van der Waals surface area contributed by atoms with Crippen LogP contribution in [0.2, 0.25) is 0 Å². The molecule has 0 aliphatic carbocycles. The highest BCUT2D eigenvalue weighted by molar-refractivity contribution is 5.90. The Labute approximate surface area is 131 Å². The number of ether oxygens (including phenoxy) is 1. The van der Waals surface area contributed by atoms with E-state index >= 15 is 0 Å². The minimum absolute atomic E-state index is 0.216. The van der Waals surface area contributed by atoms with Crippen LogP contribution in [-0.4, -0.2) is 35.5 Å². The number of nitrogens with zero attached hydrogens (tertiary/aromatic N) is 1. The van der Waals surface area contributed by atoms with Gasteiger partial charge in [-0.05, 0) is 24.6 Å². The Morgan fingerprint density at radius 1 is 1.41 bits per heavy atom. The monoisotopic (exact) mass is 300 g/mol. The Kier molecular flexibility index (Phi) is 5.78. The quantitative estimate of drug-likeness (QED) is 0.461. The molecule has 0 aliphatic rings. The summed E-state index contributed by atoms with van der Waals surface area (Å²) in [5.74, 6) is 0.390. The van der Waals surface area contributed by atoms with Crippen molar-refractivity contribution in [2.24, 2.45) is 0 Å². The van der Waals surface area contributed by atoms with Crippen molar-refractivity contribution < 1.29 is 9.53 Å². The summed E-state index contributed by atoms with van der Waals surface area (Å²) in [7, 11) is 0. The molecule has 0 aliphatic heterocycles. The van der Waals surface area contributed by atoms with E-state index in [1.807, 2.05) is 24.4 Å². The van der Waals surface area contributed by atoms with E-state index in [4.69, 9.17) is 4.74 Å². The minimum Gasteiger partial charge on any atom is -0.424 e. The van der Waals surface area contributed by atoms with Crippen LogP contribution in [0.5, 0.6) is 5.75 Å². The smallest absolute Gasteiger partial charge is 0.310 e. The number of aromatic nitrogens is 1. The molecular formula is C18H24N2O2. The van der Waals surface area contributed by atoms with Crippen LogP contribution < -0.4 is 4.74 Å². The Morgan fingerprint density at radius 2 is 2.23 bits per heavy atom. The van der Waals surface area contributed by atoms with Crippen LogP contribution >= 0.6 is 0 Å². The number of carbonyl (C=O) groups is 1. The lowest BCUT2D eigenvalue weighted by Gasteiger charge is -2.17. The predicted molar refractivity (Wildman–Crippen MR) is 90.2 cm³/mol. The van der Waals surface area contributed by atoms with E-state index in [0.29, 0.717) is 12.2 Å². The number of hydrogen-bond donors (Lipinski definition) is 1. The number of nitrogens with one attached hydrogen (secondary N) is 1. The van der Waals surface area contributed by atoms with E-state index in [1.54, 1.807) is 6.92 Å². The third-order valence-corrected chi connectivity index (χ3v) is 3.81. The number of likely N-dealkylation sites (N-methyl/N-ethyl adjacent to an activating group) is 1. The van der Waals surface area contributed by atoms with Gasteiger partial charge in [-0.25, -0.2) is 0 Å². The number of fused-ring (bicyclic) bond motifs is 1. The molecule has 0 saturated heterocycles. The fourth-order valence-electron chi connectivity index (χ4n) is 2.51. The first-order valence-corrected chi connectivity index (χ1v) is 7.82. The number of rotatable bonds is 8. The highest BCUT2D eigenvalue weighted by Gasteiger charge is 2.11. The molecule has 0 saturated carbocycles. The van der Waals surface area contributed by atoms with E-state index in [1.165, 1.54) is 5.56 Å². The van der Waals surface area contributed by atoms with Gasteiger partial charge in [-0.1, -0.05) is 32.1 Å². The average Bonchev–Trinajstić information content (AvgIpc) is 2.95. The second kappa shape index (κ2) is 7.80. The zero-order valence-electron chi connectivity index (χ0n) is 13.4. The van der Waals surface area contributed by atoms with Crippen molar-refractivity contribution in [2.75, 3.05) is 19.6 Å². The van der Waals surface area contributed by atoms with Crippen molar-refractivity contribution in [1.29, 1.82) is 0 Å². The zero-order chi connectivity index (χ0) is 15.9. The van der Waals surface area contributed by atoms with Crippen molar-refractivity contribution >= 4 is 16.9 Å². The first kappa shape index (κ1) is 16.3. The predicted octanol–water partition coefficient (Wildman–Crippen LogP) is 3.53. The molecule has 2 rings (SSSR count).